The molecule has 0 fully saturated rings. The Morgan fingerprint density at radius 2 is 2.33 bits per heavy atom. The maximum absolute atomic E-state index is 11.7. The van der Waals surface area contributed by atoms with Crippen LogP contribution < -0.4 is 5.73 Å². The lowest BCUT2D eigenvalue weighted by Gasteiger charge is -2.03. The van der Waals surface area contributed by atoms with E-state index in [2.05, 4.69) is 25.9 Å². The van der Waals surface area contributed by atoms with Gasteiger partial charge in [0, 0.05) is 6.20 Å². The number of Topliss-reactive ketones (excluding diaryl/α,β-unsaturated/α-hetero) is 1. The summed E-state index contributed by atoms with van der Waals surface area (Å²) in [5, 5.41) is 0. The van der Waals surface area contributed by atoms with Crippen LogP contribution >= 0.6 is 15.9 Å². The quantitative estimate of drug-likeness (QED) is 0.826. The summed E-state index contributed by atoms with van der Waals surface area (Å²) in [5.74, 6) is -0.151. The minimum Gasteiger partial charge on any atom is -0.321 e. The summed E-state index contributed by atoms with van der Waals surface area (Å²) in [7, 11) is 0. The van der Waals surface area contributed by atoms with Gasteiger partial charge >= 0.3 is 0 Å². The van der Waals surface area contributed by atoms with Crippen LogP contribution in [-0.4, -0.2) is 26.2 Å². The van der Waals surface area contributed by atoms with Crippen LogP contribution in [0.15, 0.2) is 23.2 Å². The highest BCUT2D eigenvalue weighted by atomic mass is 79.9. The lowest BCUT2D eigenvalue weighted by molar-refractivity contribution is 0.0962. The maximum Gasteiger partial charge on any atom is 0.197 e. The summed E-state index contributed by atoms with van der Waals surface area (Å²) in [6, 6.07) is -0.538. The van der Waals surface area contributed by atoms with Crippen molar-refractivity contribution in [3.05, 3.63) is 28.9 Å². The Bertz CT molecular complexity index is 520. The van der Waals surface area contributed by atoms with Gasteiger partial charge in [-0.3, -0.25) is 9.20 Å². The number of nitrogens with zero attached hydrogens (tertiary/aromatic N) is 3. The number of nitrogens with two attached hydrogens (primary N) is 1. The summed E-state index contributed by atoms with van der Waals surface area (Å²) >= 11 is 3.31. The monoisotopic (exact) mass is 268 g/mol. The molecule has 0 aliphatic carbocycles. The second-order valence-electron chi connectivity index (χ2n) is 3.23. The molecule has 15 heavy (non-hydrogen) atoms. The fourth-order valence-corrected chi connectivity index (χ4v) is 1.70. The summed E-state index contributed by atoms with van der Waals surface area (Å²) in [6.45, 7) is 1.65. The van der Waals surface area contributed by atoms with Crippen molar-refractivity contribution < 1.29 is 4.79 Å². The number of hydrogen-bond donors (Lipinski definition) is 1. The Kier molecular flexibility index (Phi) is 2.54. The molecule has 2 heterocycles. The highest BCUT2D eigenvalue weighted by molar-refractivity contribution is 9.10. The number of rotatable bonds is 2. The summed E-state index contributed by atoms with van der Waals surface area (Å²) < 4.78 is 2.36. The van der Waals surface area contributed by atoms with E-state index in [9.17, 15) is 4.79 Å². The van der Waals surface area contributed by atoms with Crippen molar-refractivity contribution in [2.24, 2.45) is 5.73 Å². The zero-order valence-electron chi connectivity index (χ0n) is 8.01. The molecule has 0 saturated heterocycles. The zero-order chi connectivity index (χ0) is 11.0. The molecule has 2 aromatic rings. The highest BCUT2D eigenvalue weighted by Gasteiger charge is 2.16. The first-order chi connectivity index (χ1) is 7.11. The Balaban J connectivity index is 2.64. The molecule has 0 amide bonds. The fourth-order valence-electron chi connectivity index (χ4n) is 1.29. The number of hydrogen-bond acceptors (Lipinski definition) is 4. The predicted molar refractivity (Wildman–Crippen MR) is 58.7 cm³/mol. The van der Waals surface area contributed by atoms with E-state index < -0.39 is 6.04 Å². The van der Waals surface area contributed by atoms with Crippen LogP contribution in [0.5, 0.6) is 0 Å². The highest BCUT2D eigenvalue weighted by Crippen LogP contribution is 2.16. The van der Waals surface area contributed by atoms with Gasteiger partial charge in [-0.25, -0.2) is 9.97 Å². The molecular formula is C9H9BrN4O. The van der Waals surface area contributed by atoms with E-state index >= 15 is 0 Å². The van der Waals surface area contributed by atoms with Gasteiger partial charge in [-0.1, -0.05) is 0 Å². The third kappa shape index (κ3) is 1.66. The second kappa shape index (κ2) is 3.71. The lowest BCUT2D eigenvalue weighted by atomic mass is 10.2. The van der Waals surface area contributed by atoms with Crippen molar-refractivity contribution in [1.29, 1.82) is 0 Å². The van der Waals surface area contributed by atoms with E-state index in [-0.39, 0.29) is 5.78 Å². The Morgan fingerprint density at radius 3 is 3.00 bits per heavy atom. The van der Waals surface area contributed by atoms with E-state index in [1.807, 2.05) is 0 Å². The van der Waals surface area contributed by atoms with Gasteiger partial charge in [-0.05, 0) is 22.9 Å². The molecular weight excluding hydrogens is 260 g/mol. The van der Waals surface area contributed by atoms with Crippen molar-refractivity contribution >= 4 is 27.4 Å². The molecule has 0 aliphatic rings. The molecule has 0 spiro atoms. The molecule has 1 atom stereocenters. The molecule has 2 rings (SSSR count). The molecule has 78 valence electrons. The molecule has 2 N–H and O–H groups in total. The Hall–Kier alpha value is -1.27. The standard InChI is InChI=1S/C9H9BrN4O/c1-5(11)8(15)7-3-13-9-6(10)2-12-4-14(7)9/h2-5H,11H2,1H3. The van der Waals surface area contributed by atoms with Crippen molar-refractivity contribution in [3.8, 4) is 0 Å². The molecule has 1 unspecified atom stereocenters. The number of ketones is 1. The van der Waals surface area contributed by atoms with Gasteiger partial charge in [0.1, 0.15) is 12.0 Å². The first-order valence-electron chi connectivity index (χ1n) is 4.37. The zero-order valence-corrected chi connectivity index (χ0v) is 9.60. The molecule has 6 heteroatoms. The molecule has 0 aliphatic heterocycles. The minimum atomic E-state index is -0.538. The van der Waals surface area contributed by atoms with E-state index in [0.717, 1.165) is 4.47 Å². The van der Waals surface area contributed by atoms with E-state index in [1.54, 1.807) is 23.8 Å². The number of fused-ring (bicyclic) bond motifs is 1. The SMILES string of the molecule is CC(N)C(=O)c1cnc2c(Br)cncn12. The number of carbonyl (C=O) groups excluding carboxylic acids is 1. The molecule has 0 saturated carbocycles. The van der Waals surface area contributed by atoms with Crippen LogP contribution in [-0.2, 0) is 0 Å². The third-order valence-corrected chi connectivity index (χ3v) is 2.61. The average Bonchev–Trinajstić information content (AvgIpc) is 2.61. The number of aromatic nitrogens is 3. The lowest BCUT2D eigenvalue weighted by Crippen LogP contribution is -2.27. The summed E-state index contributed by atoms with van der Waals surface area (Å²) in [6.07, 6.45) is 4.68. The van der Waals surface area contributed by atoms with Crippen LogP contribution in [0.2, 0.25) is 0 Å². The van der Waals surface area contributed by atoms with Gasteiger partial charge in [0.05, 0.1) is 16.7 Å². The van der Waals surface area contributed by atoms with Crippen molar-refractivity contribution in [2.75, 3.05) is 0 Å². The van der Waals surface area contributed by atoms with Gasteiger partial charge in [-0.2, -0.15) is 0 Å². The van der Waals surface area contributed by atoms with Gasteiger partial charge in [0.2, 0.25) is 0 Å². The van der Waals surface area contributed by atoms with Gasteiger partial charge in [0.15, 0.2) is 11.4 Å². The van der Waals surface area contributed by atoms with Gasteiger partial charge < -0.3 is 5.73 Å². The van der Waals surface area contributed by atoms with E-state index in [0.29, 0.717) is 11.3 Å². The normalized spacial score (nSPS) is 13.0. The smallest absolute Gasteiger partial charge is 0.197 e. The Morgan fingerprint density at radius 1 is 1.60 bits per heavy atom. The fraction of sp³-hybridized carbons (Fsp3) is 0.222. The van der Waals surface area contributed by atoms with Crippen LogP contribution in [0, 0.1) is 0 Å². The molecule has 0 bridgehead atoms. The number of imidazole rings is 1. The topological polar surface area (TPSA) is 73.3 Å². The van der Waals surface area contributed by atoms with Crippen LogP contribution in [0.4, 0.5) is 0 Å². The largest absolute Gasteiger partial charge is 0.321 e. The summed E-state index contributed by atoms with van der Waals surface area (Å²) in [4.78, 5) is 19.8. The van der Waals surface area contributed by atoms with E-state index in [1.165, 1.54) is 6.20 Å². The maximum atomic E-state index is 11.7. The Labute approximate surface area is 94.5 Å². The van der Waals surface area contributed by atoms with Gasteiger partial charge in [0.25, 0.3) is 0 Å². The molecule has 5 nitrogen and oxygen atoms in total. The van der Waals surface area contributed by atoms with Crippen LogP contribution in [0.3, 0.4) is 0 Å². The third-order valence-electron chi connectivity index (χ3n) is 2.05. The number of carbonyl (C=O) groups is 1. The first kappa shape index (κ1) is 10.3. The van der Waals surface area contributed by atoms with Crippen LogP contribution in [0.1, 0.15) is 17.4 Å². The van der Waals surface area contributed by atoms with E-state index in [4.69, 9.17) is 5.73 Å². The average molecular weight is 269 g/mol. The second-order valence-corrected chi connectivity index (χ2v) is 4.09. The summed E-state index contributed by atoms with van der Waals surface area (Å²) in [5.41, 5.74) is 6.65. The minimum absolute atomic E-state index is 0.151. The van der Waals surface area contributed by atoms with Gasteiger partial charge in [-0.15, -0.1) is 0 Å². The molecule has 2 aromatic heterocycles. The number of halogens is 1. The molecule has 0 aromatic carbocycles. The van der Waals surface area contributed by atoms with Crippen LogP contribution in [0.25, 0.3) is 5.65 Å². The first-order valence-corrected chi connectivity index (χ1v) is 5.17. The van der Waals surface area contributed by atoms with Crippen molar-refractivity contribution in [2.45, 2.75) is 13.0 Å². The van der Waals surface area contributed by atoms with Crippen molar-refractivity contribution in [1.82, 2.24) is 14.4 Å². The van der Waals surface area contributed by atoms with Crippen molar-refractivity contribution in [3.63, 3.8) is 0 Å². The molecule has 0 radical (unpaired) electrons. The predicted octanol–water partition coefficient (Wildman–Crippen LogP) is 1.02.